The van der Waals surface area contributed by atoms with Crippen molar-refractivity contribution in [3.05, 3.63) is 35.6 Å². The molecule has 0 spiro atoms. The minimum atomic E-state index is -0.225. The summed E-state index contributed by atoms with van der Waals surface area (Å²) in [5, 5.41) is 3.45. The van der Waals surface area contributed by atoms with E-state index < -0.39 is 0 Å². The molecule has 3 rings (SSSR count). The maximum atomic E-state index is 13.1. The zero-order chi connectivity index (χ0) is 16.9. The molecular formula is C20H30ClFN2O. The predicted octanol–water partition coefficient (Wildman–Crippen LogP) is 4.01. The van der Waals surface area contributed by atoms with Gasteiger partial charge in [-0.05, 0) is 74.2 Å². The SMILES string of the molecule is CC(CC(=O)N(Cc1ccc(F)cc1)CC1CC1)C1CCCNC1.Cl. The summed E-state index contributed by atoms with van der Waals surface area (Å²) in [5.74, 6) is 1.72. The highest BCUT2D eigenvalue weighted by Gasteiger charge is 2.29. The summed E-state index contributed by atoms with van der Waals surface area (Å²) in [6.07, 6.45) is 5.53. The van der Waals surface area contributed by atoms with Gasteiger partial charge in [0.05, 0.1) is 0 Å². The van der Waals surface area contributed by atoms with Crippen LogP contribution in [0.4, 0.5) is 4.39 Å². The highest BCUT2D eigenvalue weighted by Crippen LogP contribution is 2.31. The first kappa shape index (κ1) is 20.2. The van der Waals surface area contributed by atoms with E-state index in [0.29, 0.717) is 30.7 Å². The largest absolute Gasteiger partial charge is 0.338 e. The van der Waals surface area contributed by atoms with E-state index in [2.05, 4.69) is 12.2 Å². The summed E-state index contributed by atoms with van der Waals surface area (Å²) in [6, 6.07) is 6.53. The van der Waals surface area contributed by atoms with Crippen molar-refractivity contribution in [2.45, 2.75) is 45.6 Å². The Morgan fingerprint density at radius 2 is 2.00 bits per heavy atom. The first-order valence-electron chi connectivity index (χ1n) is 9.34. The van der Waals surface area contributed by atoms with Gasteiger partial charge >= 0.3 is 0 Å². The fraction of sp³-hybridized carbons (Fsp3) is 0.650. The summed E-state index contributed by atoms with van der Waals surface area (Å²) in [7, 11) is 0. The van der Waals surface area contributed by atoms with Gasteiger partial charge in [-0.15, -0.1) is 12.4 Å². The molecule has 2 fully saturated rings. The number of benzene rings is 1. The Morgan fingerprint density at radius 3 is 2.60 bits per heavy atom. The Bertz CT molecular complexity index is 541. The molecule has 1 aliphatic carbocycles. The number of nitrogens with one attached hydrogen (secondary N) is 1. The van der Waals surface area contributed by atoms with Gasteiger partial charge in [-0.2, -0.15) is 0 Å². The van der Waals surface area contributed by atoms with E-state index in [0.717, 1.165) is 25.2 Å². The van der Waals surface area contributed by atoms with Crippen LogP contribution in [-0.2, 0) is 11.3 Å². The van der Waals surface area contributed by atoms with Crippen LogP contribution in [0.25, 0.3) is 0 Å². The molecule has 25 heavy (non-hydrogen) atoms. The van der Waals surface area contributed by atoms with E-state index in [9.17, 15) is 9.18 Å². The van der Waals surface area contributed by atoms with Crippen LogP contribution in [0.2, 0.25) is 0 Å². The van der Waals surface area contributed by atoms with Crippen LogP contribution in [-0.4, -0.2) is 30.4 Å². The monoisotopic (exact) mass is 368 g/mol. The Morgan fingerprint density at radius 1 is 1.28 bits per heavy atom. The van der Waals surface area contributed by atoms with Crippen molar-refractivity contribution in [1.82, 2.24) is 10.2 Å². The zero-order valence-electron chi connectivity index (χ0n) is 15.0. The third-order valence-corrected chi connectivity index (χ3v) is 5.45. The molecule has 1 N–H and O–H groups in total. The lowest BCUT2D eigenvalue weighted by molar-refractivity contribution is -0.133. The molecule has 5 heteroatoms. The van der Waals surface area contributed by atoms with Gasteiger partial charge in [0.25, 0.3) is 0 Å². The molecule has 1 saturated carbocycles. The molecule has 140 valence electrons. The first-order valence-corrected chi connectivity index (χ1v) is 9.34. The van der Waals surface area contributed by atoms with Crippen molar-refractivity contribution in [1.29, 1.82) is 0 Å². The number of carbonyl (C=O) groups excluding carboxylic acids is 1. The fourth-order valence-corrected chi connectivity index (χ4v) is 3.61. The fourth-order valence-electron chi connectivity index (χ4n) is 3.61. The van der Waals surface area contributed by atoms with Gasteiger partial charge in [0.1, 0.15) is 5.82 Å². The maximum Gasteiger partial charge on any atom is 0.223 e. The average molecular weight is 369 g/mol. The van der Waals surface area contributed by atoms with E-state index in [1.165, 1.54) is 37.8 Å². The highest BCUT2D eigenvalue weighted by molar-refractivity contribution is 5.85. The highest BCUT2D eigenvalue weighted by atomic mass is 35.5. The normalized spacial score (nSPS) is 21.3. The first-order chi connectivity index (χ1) is 11.6. The Balaban J connectivity index is 0.00000225. The number of nitrogens with zero attached hydrogens (tertiary/aromatic N) is 1. The van der Waals surface area contributed by atoms with E-state index in [-0.39, 0.29) is 24.1 Å². The molecule has 1 aromatic carbocycles. The average Bonchev–Trinajstić information content (AvgIpc) is 3.41. The molecule has 1 amide bonds. The van der Waals surface area contributed by atoms with Crippen LogP contribution in [0, 0.1) is 23.6 Å². The summed E-state index contributed by atoms with van der Waals surface area (Å²) in [6.45, 7) is 5.81. The van der Waals surface area contributed by atoms with Crippen LogP contribution in [0.3, 0.4) is 0 Å². The van der Waals surface area contributed by atoms with Gasteiger partial charge < -0.3 is 10.2 Å². The summed E-state index contributed by atoms with van der Waals surface area (Å²) >= 11 is 0. The molecule has 2 unspecified atom stereocenters. The molecule has 1 heterocycles. The third-order valence-electron chi connectivity index (χ3n) is 5.45. The number of carbonyl (C=O) groups is 1. The molecule has 1 saturated heterocycles. The van der Waals surface area contributed by atoms with E-state index >= 15 is 0 Å². The van der Waals surface area contributed by atoms with Crippen LogP contribution >= 0.6 is 12.4 Å². The predicted molar refractivity (Wildman–Crippen MR) is 101 cm³/mol. The van der Waals surface area contributed by atoms with Crippen molar-refractivity contribution in [3.8, 4) is 0 Å². The van der Waals surface area contributed by atoms with Crippen LogP contribution in [0.15, 0.2) is 24.3 Å². The summed E-state index contributed by atoms with van der Waals surface area (Å²) in [5.41, 5.74) is 1.01. The second kappa shape index (κ2) is 9.54. The second-order valence-corrected chi connectivity index (χ2v) is 7.63. The molecule has 2 aliphatic rings. The van der Waals surface area contributed by atoms with Gasteiger partial charge in [-0.1, -0.05) is 19.1 Å². The Labute approximate surface area is 156 Å². The molecular weight excluding hydrogens is 339 g/mol. The van der Waals surface area contributed by atoms with E-state index in [1.54, 1.807) is 12.1 Å². The smallest absolute Gasteiger partial charge is 0.223 e. The molecule has 0 radical (unpaired) electrons. The standard InChI is InChI=1S/C20H29FN2O.ClH/c1-15(18-3-2-10-22-12-18)11-20(24)23(13-16-4-5-16)14-17-6-8-19(21)9-7-17;/h6-9,15-16,18,22H,2-5,10-14H2,1H3;1H. The summed E-state index contributed by atoms with van der Waals surface area (Å²) in [4.78, 5) is 14.9. The van der Waals surface area contributed by atoms with Crippen molar-refractivity contribution in [2.75, 3.05) is 19.6 Å². The summed E-state index contributed by atoms with van der Waals surface area (Å²) < 4.78 is 13.1. The van der Waals surface area contributed by atoms with E-state index in [1.807, 2.05) is 4.90 Å². The zero-order valence-corrected chi connectivity index (χ0v) is 15.9. The topological polar surface area (TPSA) is 32.3 Å². The number of amides is 1. The molecule has 0 aromatic heterocycles. The van der Waals surface area contributed by atoms with Crippen LogP contribution < -0.4 is 5.32 Å². The quantitative estimate of drug-likeness (QED) is 0.788. The molecule has 1 aliphatic heterocycles. The number of hydrogen-bond donors (Lipinski definition) is 1. The van der Waals surface area contributed by atoms with Gasteiger partial charge in [-0.3, -0.25) is 4.79 Å². The lowest BCUT2D eigenvalue weighted by atomic mass is 9.85. The minimum Gasteiger partial charge on any atom is -0.338 e. The van der Waals surface area contributed by atoms with Crippen molar-refractivity contribution in [3.63, 3.8) is 0 Å². The van der Waals surface area contributed by atoms with Crippen molar-refractivity contribution in [2.24, 2.45) is 17.8 Å². The number of piperidine rings is 1. The number of rotatable bonds is 7. The third kappa shape index (κ3) is 6.27. The van der Waals surface area contributed by atoms with Gasteiger partial charge in [0.15, 0.2) is 0 Å². The molecule has 1 aromatic rings. The van der Waals surface area contributed by atoms with Crippen LogP contribution in [0.5, 0.6) is 0 Å². The maximum absolute atomic E-state index is 13.1. The number of halogens is 2. The second-order valence-electron chi connectivity index (χ2n) is 7.63. The minimum absolute atomic E-state index is 0. The number of hydrogen-bond acceptors (Lipinski definition) is 2. The van der Waals surface area contributed by atoms with E-state index in [4.69, 9.17) is 0 Å². The van der Waals surface area contributed by atoms with Gasteiger partial charge in [0.2, 0.25) is 5.91 Å². The lowest BCUT2D eigenvalue weighted by Crippen LogP contribution is -2.37. The van der Waals surface area contributed by atoms with Crippen molar-refractivity contribution < 1.29 is 9.18 Å². The molecule has 3 nitrogen and oxygen atoms in total. The molecule has 0 bridgehead atoms. The lowest BCUT2D eigenvalue weighted by Gasteiger charge is -2.30. The Hall–Kier alpha value is -1.13. The van der Waals surface area contributed by atoms with Crippen LogP contribution in [0.1, 0.15) is 44.6 Å². The Kier molecular flexibility index (Phi) is 7.70. The van der Waals surface area contributed by atoms with Crippen molar-refractivity contribution >= 4 is 18.3 Å². The molecule has 2 atom stereocenters. The van der Waals surface area contributed by atoms with Gasteiger partial charge in [-0.25, -0.2) is 4.39 Å². The van der Waals surface area contributed by atoms with Gasteiger partial charge in [0, 0.05) is 19.5 Å².